The second-order valence-electron chi connectivity index (χ2n) is 6.78. The summed E-state index contributed by atoms with van der Waals surface area (Å²) in [6, 6.07) is 16.6. The number of piperazine rings is 1. The molecule has 26 heavy (non-hydrogen) atoms. The molecular weight excluding hydrogens is 342 g/mol. The molecule has 1 fully saturated rings. The molecule has 2 aromatic carbocycles. The van der Waals surface area contributed by atoms with Gasteiger partial charge < -0.3 is 15.1 Å². The smallest absolute Gasteiger partial charge is 0.253 e. The highest BCUT2D eigenvalue weighted by atomic mass is 32.1. The van der Waals surface area contributed by atoms with E-state index < -0.39 is 0 Å². The van der Waals surface area contributed by atoms with Gasteiger partial charge in [0.05, 0.1) is 5.56 Å². The van der Waals surface area contributed by atoms with E-state index in [0.29, 0.717) is 6.54 Å². The van der Waals surface area contributed by atoms with Crippen LogP contribution < -0.4 is 10.2 Å². The van der Waals surface area contributed by atoms with Crippen molar-refractivity contribution in [3.63, 3.8) is 0 Å². The number of hydrogen-bond acceptors (Lipinski definition) is 4. The van der Waals surface area contributed by atoms with Crippen molar-refractivity contribution < 1.29 is 4.79 Å². The molecule has 4 nitrogen and oxygen atoms in total. The van der Waals surface area contributed by atoms with Crippen molar-refractivity contribution in [3.8, 4) is 0 Å². The Balaban J connectivity index is 1.38. The first kappa shape index (κ1) is 17.1. The van der Waals surface area contributed by atoms with Crippen LogP contribution in [0, 0.1) is 0 Å². The first-order chi connectivity index (χ1) is 12.7. The van der Waals surface area contributed by atoms with Gasteiger partial charge in [-0.15, -0.1) is 11.3 Å². The molecule has 0 atom stereocenters. The summed E-state index contributed by atoms with van der Waals surface area (Å²) >= 11 is 1.61. The Morgan fingerprint density at radius 3 is 2.54 bits per heavy atom. The maximum Gasteiger partial charge on any atom is 0.253 e. The standard InChI is InChI=1S/C21H23N3OS/c1-23-10-12-24(13-11-23)17-8-6-16(7-9-17)14-22-21(25)19-15-26-20-5-3-2-4-18(19)20/h2-9,15H,10-14H2,1H3,(H,22,25). The van der Waals surface area contributed by atoms with Crippen molar-refractivity contribution in [2.45, 2.75) is 6.54 Å². The van der Waals surface area contributed by atoms with Gasteiger partial charge in [0.25, 0.3) is 5.91 Å². The summed E-state index contributed by atoms with van der Waals surface area (Å²) in [6.07, 6.45) is 0. The lowest BCUT2D eigenvalue weighted by Crippen LogP contribution is -2.44. The van der Waals surface area contributed by atoms with E-state index in [2.05, 4.69) is 46.4 Å². The highest BCUT2D eigenvalue weighted by Gasteiger charge is 2.14. The SMILES string of the molecule is CN1CCN(c2ccc(CNC(=O)c3csc4ccccc34)cc2)CC1. The molecule has 0 aliphatic carbocycles. The minimum Gasteiger partial charge on any atom is -0.369 e. The molecule has 1 aromatic heterocycles. The van der Waals surface area contributed by atoms with Gasteiger partial charge in [-0.25, -0.2) is 0 Å². The van der Waals surface area contributed by atoms with Crippen molar-refractivity contribution in [2.24, 2.45) is 0 Å². The van der Waals surface area contributed by atoms with Crippen molar-refractivity contribution in [1.29, 1.82) is 0 Å². The molecule has 1 amide bonds. The fraction of sp³-hybridized carbons (Fsp3) is 0.286. The third kappa shape index (κ3) is 3.59. The number of benzene rings is 2. The second-order valence-corrected chi connectivity index (χ2v) is 7.70. The van der Waals surface area contributed by atoms with Crippen LogP contribution in [-0.2, 0) is 6.54 Å². The lowest BCUT2D eigenvalue weighted by Gasteiger charge is -2.34. The Kier molecular flexibility index (Phi) is 4.91. The third-order valence-electron chi connectivity index (χ3n) is 4.98. The fourth-order valence-electron chi connectivity index (χ4n) is 3.32. The van der Waals surface area contributed by atoms with Gasteiger partial charge in [0.1, 0.15) is 0 Å². The molecule has 3 aromatic rings. The van der Waals surface area contributed by atoms with Gasteiger partial charge >= 0.3 is 0 Å². The zero-order valence-electron chi connectivity index (χ0n) is 14.9. The molecule has 0 radical (unpaired) electrons. The molecule has 0 bridgehead atoms. The molecule has 134 valence electrons. The molecule has 1 aliphatic rings. The molecule has 4 rings (SSSR count). The molecule has 1 aliphatic heterocycles. The van der Waals surface area contributed by atoms with Crippen LogP contribution in [0.2, 0.25) is 0 Å². The first-order valence-corrected chi connectivity index (χ1v) is 9.85. The summed E-state index contributed by atoms with van der Waals surface area (Å²) < 4.78 is 1.15. The maximum absolute atomic E-state index is 12.5. The number of likely N-dealkylation sites (N-methyl/N-ethyl adjacent to an activating group) is 1. The monoisotopic (exact) mass is 365 g/mol. The van der Waals surface area contributed by atoms with Crippen LogP contribution in [0.4, 0.5) is 5.69 Å². The molecule has 2 heterocycles. The highest BCUT2D eigenvalue weighted by Crippen LogP contribution is 2.25. The zero-order valence-corrected chi connectivity index (χ0v) is 15.8. The van der Waals surface area contributed by atoms with Crippen molar-refractivity contribution in [1.82, 2.24) is 10.2 Å². The second kappa shape index (κ2) is 7.48. The van der Waals surface area contributed by atoms with Gasteiger partial charge in [-0.1, -0.05) is 30.3 Å². The van der Waals surface area contributed by atoms with Gasteiger partial charge in [-0.3, -0.25) is 4.79 Å². The van der Waals surface area contributed by atoms with Gasteiger partial charge in [0.15, 0.2) is 0 Å². The number of fused-ring (bicyclic) bond motifs is 1. The Hall–Kier alpha value is -2.37. The van der Waals surface area contributed by atoms with E-state index >= 15 is 0 Å². The van der Waals surface area contributed by atoms with Gasteiger partial charge in [0.2, 0.25) is 0 Å². The van der Waals surface area contributed by atoms with E-state index in [4.69, 9.17) is 0 Å². The quantitative estimate of drug-likeness (QED) is 0.768. The molecule has 0 unspecified atom stereocenters. The number of rotatable bonds is 4. The van der Waals surface area contributed by atoms with E-state index in [-0.39, 0.29) is 5.91 Å². The summed E-state index contributed by atoms with van der Waals surface area (Å²) in [4.78, 5) is 17.3. The van der Waals surface area contributed by atoms with Crippen LogP contribution in [0.1, 0.15) is 15.9 Å². The third-order valence-corrected chi connectivity index (χ3v) is 5.95. The van der Waals surface area contributed by atoms with Crippen LogP contribution in [0.5, 0.6) is 0 Å². The normalized spacial score (nSPS) is 15.3. The first-order valence-electron chi connectivity index (χ1n) is 8.97. The van der Waals surface area contributed by atoms with Crippen LogP contribution >= 0.6 is 11.3 Å². The minimum absolute atomic E-state index is 0.00871. The number of thiophene rings is 1. The Morgan fingerprint density at radius 2 is 1.77 bits per heavy atom. The van der Waals surface area contributed by atoms with Crippen molar-refractivity contribution in [2.75, 3.05) is 38.1 Å². The van der Waals surface area contributed by atoms with E-state index in [0.717, 1.165) is 47.4 Å². The Morgan fingerprint density at radius 1 is 1.04 bits per heavy atom. The van der Waals surface area contributed by atoms with E-state index in [9.17, 15) is 4.79 Å². The average Bonchev–Trinajstić information content (AvgIpc) is 3.11. The van der Waals surface area contributed by atoms with E-state index in [1.54, 1.807) is 11.3 Å². The topological polar surface area (TPSA) is 35.6 Å². The molecular formula is C21H23N3OS. The largest absolute Gasteiger partial charge is 0.369 e. The predicted molar refractivity (Wildman–Crippen MR) is 109 cm³/mol. The lowest BCUT2D eigenvalue weighted by atomic mass is 10.1. The molecule has 0 saturated carbocycles. The van der Waals surface area contributed by atoms with Crippen LogP contribution in [0.25, 0.3) is 10.1 Å². The molecule has 1 N–H and O–H groups in total. The average molecular weight is 366 g/mol. The highest BCUT2D eigenvalue weighted by molar-refractivity contribution is 7.17. The fourth-order valence-corrected chi connectivity index (χ4v) is 4.26. The number of carbonyl (C=O) groups is 1. The number of anilines is 1. The number of carbonyl (C=O) groups excluding carboxylic acids is 1. The van der Waals surface area contributed by atoms with Crippen molar-refractivity contribution in [3.05, 3.63) is 65.0 Å². The van der Waals surface area contributed by atoms with Crippen molar-refractivity contribution >= 4 is 33.0 Å². The number of amides is 1. The Labute approximate surface area is 158 Å². The van der Waals surface area contributed by atoms with Gasteiger partial charge in [0, 0.05) is 53.9 Å². The Bertz CT molecular complexity index is 895. The summed E-state index contributed by atoms with van der Waals surface area (Å²) in [7, 11) is 2.17. The lowest BCUT2D eigenvalue weighted by molar-refractivity contribution is 0.0953. The summed E-state index contributed by atoms with van der Waals surface area (Å²) in [6.45, 7) is 4.89. The number of nitrogens with zero attached hydrogens (tertiary/aromatic N) is 2. The number of nitrogens with one attached hydrogen (secondary N) is 1. The summed E-state index contributed by atoms with van der Waals surface area (Å²) in [5.74, 6) is -0.00871. The van der Waals surface area contributed by atoms with Crippen LogP contribution in [0.15, 0.2) is 53.9 Å². The van der Waals surface area contributed by atoms with Gasteiger partial charge in [-0.05, 0) is 30.8 Å². The summed E-state index contributed by atoms with van der Waals surface area (Å²) in [5.41, 5.74) is 3.15. The predicted octanol–water partition coefficient (Wildman–Crippen LogP) is 3.58. The molecule has 1 saturated heterocycles. The molecule has 5 heteroatoms. The maximum atomic E-state index is 12.5. The van der Waals surface area contributed by atoms with Gasteiger partial charge in [-0.2, -0.15) is 0 Å². The van der Waals surface area contributed by atoms with E-state index in [1.807, 2.05) is 29.6 Å². The van der Waals surface area contributed by atoms with Crippen LogP contribution in [-0.4, -0.2) is 44.0 Å². The minimum atomic E-state index is -0.00871. The number of hydrogen-bond donors (Lipinski definition) is 1. The van der Waals surface area contributed by atoms with Crippen LogP contribution in [0.3, 0.4) is 0 Å². The van der Waals surface area contributed by atoms with E-state index in [1.165, 1.54) is 5.69 Å². The zero-order chi connectivity index (χ0) is 17.9. The summed E-state index contributed by atoms with van der Waals surface area (Å²) in [5, 5.41) is 6.01. The molecule has 0 spiro atoms.